The predicted molar refractivity (Wildman–Crippen MR) is 71.8 cm³/mol. The summed E-state index contributed by atoms with van der Waals surface area (Å²) in [5.41, 5.74) is 7.68. The Morgan fingerprint density at radius 2 is 2.00 bits per heavy atom. The number of carbonyl (C=O) groups is 1. The van der Waals surface area contributed by atoms with Crippen LogP contribution in [0.25, 0.3) is 5.70 Å². The van der Waals surface area contributed by atoms with Gasteiger partial charge in [0.05, 0.1) is 12.0 Å². The molecule has 0 spiro atoms. The van der Waals surface area contributed by atoms with E-state index in [1.807, 2.05) is 31.2 Å². The average molecular weight is 245 g/mol. The third-order valence-corrected chi connectivity index (χ3v) is 3.68. The van der Waals surface area contributed by atoms with E-state index in [4.69, 9.17) is 10.5 Å². The number of rotatable bonds is 4. The molecular formula is C15H19NO2. The minimum absolute atomic E-state index is 0.101. The zero-order chi connectivity index (χ0) is 13.2. The molecular weight excluding hydrogens is 226 g/mol. The van der Waals surface area contributed by atoms with Gasteiger partial charge in [0.15, 0.2) is 0 Å². The largest absolute Gasteiger partial charge is 0.465 e. The molecule has 0 unspecified atom stereocenters. The maximum absolute atomic E-state index is 12.1. The molecule has 3 nitrogen and oxygen atoms in total. The summed E-state index contributed by atoms with van der Waals surface area (Å²) >= 11 is 0. The minimum Gasteiger partial charge on any atom is -0.465 e. The Morgan fingerprint density at radius 3 is 2.39 bits per heavy atom. The van der Waals surface area contributed by atoms with Gasteiger partial charge in [-0.3, -0.25) is 4.79 Å². The van der Waals surface area contributed by atoms with Gasteiger partial charge in [0.1, 0.15) is 0 Å². The molecule has 0 aliphatic heterocycles. The fraction of sp³-hybridized carbons (Fsp3) is 0.400. The standard InChI is InChI=1S/C15H19NO2/c1-3-18-14(17)15(9-4-10-15)13-7-5-12(6-8-13)11(2)16/h5-8H,2-4,9-10,16H2,1H3. The molecule has 1 aliphatic rings. The van der Waals surface area contributed by atoms with Crippen molar-refractivity contribution in [3.8, 4) is 0 Å². The van der Waals surface area contributed by atoms with Crippen LogP contribution >= 0.6 is 0 Å². The van der Waals surface area contributed by atoms with E-state index in [1.165, 1.54) is 0 Å². The predicted octanol–water partition coefficient (Wildman–Crippen LogP) is 2.60. The molecule has 1 aromatic rings. The van der Waals surface area contributed by atoms with E-state index in [0.29, 0.717) is 12.3 Å². The van der Waals surface area contributed by atoms with Crippen molar-refractivity contribution >= 4 is 11.7 Å². The van der Waals surface area contributed by atoms with Crippen LogP contribution in [0.4, 0.5) is 0 Å². The molecule has 2 N–H and O–H groups in total. The maximum Gasteiger partial charge on any atom is 0.316 e. The minimum atomic E-state index is -0.426. The Bertz CT molecular complexity index is 458. The van der Waals surface area contributed by atoms with Crippen LogP contribution in [0.2, 0.25) is 0 Å². The number of esters is 1. The SMILES string of the molecule is C=C(N)c1ccc(C2(C(=O)OCC)CCC2)cc1. The summed E-state index contributed by atoms with van der Waals surface area (Å²) in [6, 6.07) is 7.75. The van der Waals surface area contributed by atoms with Crippen LogP contribution in [0, 0.1) is 0 Å². The molecule has 0 bridgehead atoms. The first-order chi connectivity index (χ1) is 8.60. The topological polar surface area (TPSA) is 52.3 Å². The Kier molecular flexibility index (Phi) is 3.41. The molecule has 1 aromatic carbocycles. The number of nitrogens with two attached hydrogens (primary N) is 1. The van der Waals surface area contributed by atoms with E-state index in [0.717, 1.165) is 30.4 Å². The van der Waals surface area contributed by atoms with E-state index in [9.17, 15) is 4.79 Å². The van der Waals surface area contributed by atoms with Crippen LogP contribution in [0.5, 0.6) is 0 Å². The van der Waals surface area contributed by atoms with Crippen molar-refractivity contribution in [2.45, 2.75) is 31.6 Å². The molecule has 3 heteroatoms. The molecule has 0 atom stereocenters. The number of hydrogen-bond acceptors (Lipinski definition) is 3. The van der Waals surface area contributed by atoms with Gasteiger partial charge in [0.25, 0.3) is 0 Å². The van der Waals surface area contributed by atoms with E-state index >= 15 is 0 Å². The first-order valence-electron chi connectivity index (χ1n) is 6.32. The number of benzene rings is 1. The second-order valence-corrected chi connectivity index (χ2v) is 4.76. The summed E-state index contributed by atoms with van der Waals surface area (Å²) in [7, 11) is 0. The molecule has 0 radical (unpaired) electrons. The lowest BCUT2D eigenvalue weighted by Crippen LogP contribution is -2.43. The van der Waals surface area contributed by atoms with E-state index in [1.54, 1.807) is 0 Å². The van der Waals surface area contributed by atoms with Crippen molar-refractivity contribution in [1.82, 2.24) is 0 Å². The van der Waals surface area contributed by atoms with E-state index in [-0.39, 0.29) is 5.97 Å². The first-order valence-corrected chi connectivity index (χ1v) is 6.32. The zero-order valence-electron chi connectivity index (χ0n) is 10.7. The molecule has 1 saturated carbocycles. The van der Waals surface area contributed by atoms with Gasteiger partial charge in [-0.05, 0) is 30.9 Å². The highest BCUT2D eigenvalue weighted by Gasteiger charge is 2.46. The summed E-state index contributed by atoms with van der Waals surface area (Å²) in [6.07, 6.45) is 2.81. The number of ether oxygens (including phenoxy) is 1. The van der Waals surface area contributed by atoms with Gasteiger partial charge < -0.3 is 10.5 Å². The van der Waals surface area contributed by atoms with Crippen molar-refractivity contribution in [2.24, 2.45) is 5.73 Å². The summed E-state index contributed by atoms with van der Waals surface area (Å²) < 4.78 is 5.20. The van der Waals surface area contributed by atoms with Crippen molar-refractivity contribution in [3.63, 3.8) is 0 Å². The molecule has 0 amide bonds. The van der Waals surface area contributed by atoms with Gasteiger partial charge in [0.2, 0.25) is 0 Å². The summed E-state index contributed by atoms with van der Waals surface area (Å²) in [4.78, 5) is 12.1. The van der Waals surface area contributed by atoms with Crippen LogP contribution in [-0.4, -0.2) is 12.6 Å². The number of carbonyl (C=O) groups excluding carboxylic acids is 1. The molecule has 18 heavy (non-hydrogen) atoms. The average Bonchev–Trinajstić information content (AvgIpc) is 2.28. The lowest BCUT2D eigenvalue weighted by molar-refractivity contribution is -0.153. The highest BCUT2D eigenvalue weighted by atomic mass is 16.5. The molecule has 2 rings (SSSR count). The van der Waals surface area contributed by atoms with Crippen LogP contribution in [0.3, 0.4) is 0 Å². The Morgan fingerprint density at radius 1 is 1.39 bits per heavy atom. The fourth-order valence-electron chi connectivity index (χ4n) is 2.41. The van der Waals surface area contributed by atoms with Gasteiger partial charge in [0, 0.05) is 5.70 Å². The first kappa shape index (κ1) is 12.7. The fourth-order valence-corrected chi connectivity index (χ4v) is 2.41. The van der Waals surface area contributed by atoms with Crippen molar-refractivity contribution in [1.29, 1.82) is 0 Å². The summed E-state index contributed by atoms with van der Waals surface area (Å²) in [6.45, 7) is 5.97. The van der Waals surface area contributed by atoms with Crippen LogP contribution < -0.4 is 5.73 Å². The molecule has 0 aromatic heterocycles. The van der Waals surface area contributed by atoms with Gasteiger partial charge in [-0.15, -0.1) is 0 Å². The monoisotopic (exact) mass is 245 g/mol. The highest BCUT2D eigenvalue weighted by molar-refractivity contribution is 5.84. The van der Waals surface area contributed by atoms with Crippen LogP contribution in [-0.2, 0) is 14.9 Å². The second kappa shape index (κ2) is 4.84. The smallest absolute Gasteiger partial charge is 0.316 e. The van der Waals surface area contributed by atoms with E-state index in [2.05, 4.69) is 6.58 Å². The third kappa shape index (κ3) is 2.01. The quantitative estimate of drug-likeness (QED) is 0.829. The molecule has 0 heterocycles. The maximum atomic E-state index is 12.1. The van der Waals surface area contributed by atoms with Crippen molar-refractivity contribution < 1.29 is 9.53 Å². The molecule has 1 fully saturated rings. The van der Waals surface area contributed by atoms with Gasteiger partial charge >= 0.3 is 5.97 Å². The van der Waals surface area contributed by atoms with Crippen LogP contribution in [0.15, 0.2) is 30.8 Å². The summed E-state index contributed by atoms with van der Waals surface area (Å²) in [5.74, 6) is -0.101. The summed E-state index contributed by atoms with van der Waals surface area (Å²) in [5, 5.41) is 0. The normalized spacial score (nSPS) is 16.7. The Hall–Kier alpha value is -1.77. The van der Waals surface area contributed by atoms with E-state index < -0.39 is 5.41 Å². The van der Waals surface area contributed by atoms with Gasteiger partial charge in [-0.2, -0.15) is 0 Å². The van der Waals surface area contributed by atoms with Crippen molar-refractivity contribution in [3.05, 3.63) is 42.0 Å². The van der Waals surface area contributed by atoms with Gasteiger partial charge in [-0.25, -0.2) is 0 Å². The lowest BCUT2D eigenvalue weighted by atomic mass is 9.64. The number of hydrogen-bond donors (Lipinski definition) is 1. The Balaban J connectivity index is 2.27. The van der Waals surface area contributed by atoms with Crippen molar-refractivity contribution in [2.75, 3.05) is 6.61 Å². The van der Waals surface area contributed by atoms with Crippen LogP contribution in [0.1, 0.15) is 37.3 Å². The molecule has 96 valence electrons. The Labute approximate surface area is 108 Å². The second-order valence-electron chi connectivity index (χ2n) is 4.76. The third-order valence-electron chi connectivity index (χ3n) is 3.68. The molecule has 0 saturated heterocycles. The zero-order valence-corrected chi connectivity index (χ0v) is 10.7. The van der Waals surface area contributed by atoms with Gasteiger partial charge in [-0.1, -0.05) is 37.3 Å². The lowest BCUT2D eigenvalue weighted by Gasteiger charge is -2.39. The highest BCUT2D eigenvalue weighted by Crippen LogP contribution is 2.44. The molecule has 1 aliphatic carbocycles.